The van der Waals surface area contributed by atoms with Gasteiger partial charge in [-0.1, -0.05) is 12.1 Å². The number of aromatic amines is 2. The van der Waals surface area contributed by atoms with Crippen molar-refractivity contribution in [2.45, 2.75) is 6.54 Å². The topological polar surface area (TPSA) is 86.8 Å². The van der Waals surface area contributed by atoms with Gasteiger partial charge >= 0.3 is 0 Å². The second kappa shape index (κ2) is 7.44. The zero-order chi connectivity index (χ0) is 20.5. The van der Waals surface area contributed by atoms with Gasteiger partial charge in [0.25, 0.3) is 11.5 Å². The summed E-state index contributed by atoms with van der Waals surface area (Å²) in [6.45, 7) is 0.0975. The number of imidazole rings is 1. The number of amides is 1. The Kier molecular flexibility index (Phi) is 4.81. The fourth-order valence-corrected chi connectivity index (χ4v) is 3.34. The Morgan fingerprint density at radius 2 is 1.93 bits per heavy atom. The molecule has 9 heteroatoms. The number of benzene rings is 2. The quantitative estimate of drug-likeness (QED) is 0.507. The number of carbonyl (C=O) groups is 1. The van der Waals surface area contributed by atoms with Crippen LogP contribution in [0.5, 0.6) is 0 Å². The van der Waals surface area contributed by atoms with Gasteiger partial charge in [0.05, 0.1) is 17.4 Å². The second-order valence-electron chi connectivity index (χ2n) is 6.48. The van der Waals surface area contributed by atoms with E-state index in [0.717, 1.165) is 0 Å². The van der Waals surface area contributed by atoms with Crippen molar-refractivity contribution in [2.24, 2.45) is 0 Å². The van der Waals surface area contributed by atoms with Gasteiger partial charge in [-0.3, -0.25) is 14.2 Å². The summed E-state index contributed by atoms with van der Waals surface area (Å²) in [5.74, 6) is -0.350. The van der Waals surface area contributed by atoms with Crippen LogP contribution in [0.2, 0.25) is 0 Å². The Morgan fingerprint density at radius 1 is 1.21 bits per heavy atom. The average Bonchev–Trinajstić information content (AvgIpc) is 3.09. The third kappa shape index (κ3) is 3.59. The lowest BCUT2D eigenvalue weighted by Gasteiger charge is -2.17. The highest BCUT2D eigenvalue weighted by Gasteiger charge is 2.19. The van der Waals surface area contributed by atoms with Crippen LogP contribution >= 0.6 is 12.2 Å². The minimum Gasteiger partial charge on any atom is -0.336 e. The van der Waals surface area contributed by atoms with Crippen molar-refractivity contribution in [3.63, 3.8) is 0 Å². The Hall–Kier alpha value is -3.59. The van der Waals surface area contributed by atoms with E-state index in [1.165, 1.54) is 39.9 Å². The van der Waals surface area contributed by atoms with Gasteiger partial charge in [0.15, 0.2) is 4.77 Å². The fraction of sp³-hybridized carbons (Fsp3) is 0.100. The summed E-state index contributed by atoms with van der Waals surface area (Å²) in [5.41, 5.74) is 1.14. The van der Waals surface area contributed by atoms with E-state index in [4.69, 9.17) is 12.2 Å². The Labute approximate surface area is 169 Å². The molecule has 29 heavy (non-hydrogen) atoms. The third-order valence-electron chi connectivity index (χ3n) is 4.48. The van der Waals surface area contributed by atoms with Crippen LogP contribution < -0.4 is 5.56 Å². The summed E-state index contributed by atoms with van der Waals surface area (Å²) in [4.78, 5) is 36.7. The van der Waals surface area contributed by atoms with Gasteiger partial charge in [0.1, 0.15) is 17.3 Å². The van der Waals surface area contributed by atoms with Gasteiger partial charge in [-0.2, -0.15) is 0 Å². The molecule has 1 amide bonds. The summed E-state index contributed by atoms with van der Waals surface area (Å²) in [6.07, 6.45) is 1.50. The standard InChI is InChI=1S/C20H16FN5O2S/c1-25(11-17-23-15-5-3-2-4-14(15)18(27)24-17)19(28)16-10-22-20(29)26(16)13-8-6-12(21)7-9-13/h2-10H,11H2,1H3,(H,22,29)(H,23,24,27). The van der Waals surface area contributed by atoms with E-state index in [2.05, 4.69) is 15.0 Å². The number of hydrogen-bond donors (Lipinski definition) is 2. The summed E-state index contributed by atoms with van der Waals surface area (Å²) in [5, 5.41) is 0.487. The van der Waals surface area contributed by atoms with Crippen LogP contribution in [0.15, 0.2) is 59.5 Å². The Balaban J connectivity index is 1.65. The van der Waals surface area contributed by atoms with Gasteiger partial charge in [0, 0.05) is 18.9 Å². The molecule has 0 aliphatic rings. The molecule has 4 rings (SSSR count). The lowest BCUT2D eigenvalue weighted by Crippen LogP contribution is -2.29. The molecule has 0 bridgehead atoms. The largest absolute Gasteiger partial charge is 0.336 e. The smallest absolute Gasteiger partial charge is 0.272 e. The molecule has 0 saturated heterocycles. The first-order valence-corrected chi connectivity index (χ1v) is 9.14. The number of rotatable bonds is 4. The van der Waals surface area contributed by atoms with Gasteiger partial charge < -0.3 is 14.9 Å². The molecule has 2 heterocycles. The molecule has 146 valence electrons. The van der Waals surface area contributed by atoms with Crippen LogP contribution in [0.4, 0.5) is 4.39 Å². The number of aromatic nitrogens is 4. The van der Waals surface area contributed by atoms with Crippen molar-refractivity contribution in [3.05, 3.63) is 87.2 Å². The van der Waals surface area contributed by atoms with E-state index >= 15 is 0 Å². The highest BCUT2D eigenvalue weighted by Crippen LogP contribution is 2.16. The SMILES string of the molecule is CN(Cc1nc2ccccc2c(=O)[nH]1)C(=O)c1c[nH]c(=S)n1-c1ccc(F)cc1. The van der Waals surface area contributed by atoms with Gasteiger partial charge in [-0.25, -0.2) is 9.37 Å². The zero-order valence-electron chi connectivity index (χ0n) is 15.3. The Morgan fingerprint density at radius 3 is 2.69 bits per heavy atom. The maximum absolute atomic E-state index is 13.2. The molecule has 7 nitrogen and oxygen atoms in total. The maximum atomic E-state index is 13.2. The minimum absolute atomic E-state index is 0.0975. The van der Waals surface area contributed by atoms with Crippen LogP contribution in [0.25, 0.3) is 16.6 Å². The van der Waals surface area contributed by atoms with Crippen LogP contribution in [0.3, 0.4) is 0 Å². The fourth-order valence-electron chi connectivity index (χ4n) is 3.07. The molecule has 2 N–H and O–H groups in total. The van der Waals surface area contributed by atoms with E-state index in [1.54, 1.807) is 31.3 Å². The first-order chi connectivity index (χ1) is 13.9. The van der Waals surface area contributed by atoms with Crippen LogP contribution in [-0.2, 0) is 6.54 Å². The van der Waals surface area contributed by atoms with Crippen molar-refractivity contribution in [1.82, 2.24) is 24.4 Å². The number of halogens is 1. The monoisotopic (exact) mass is 409 g/mol. The number of hydrogen-bond acceptors (Lipinski definition) is 4. The van der Waals surface area contributed by atoms with E-state index in [-0.39, 0.29) is 29.5 Å². The highest BCUT2D eigenvalue weighted by atomic mass is 32.1. The molecule has 0 aliphatic heterocycles. The van der Waals surface area contributed by atoms with Crippen molar-refractivity contribution in [3.8, 4) is 5.69 Å². The number of nitrogens with one attached hydrogen (secondary N) is 2. The molecular weight excluding hydrogens is 393 g/mol. The molecule has 2 aromatic heterocycles. The first-order valence-electron chi connectivity index (χ1n) is 8.74. The van der Waals surface area contributed by atoms with E-state index in [0.29, 0.717) is 27.2 Å². The van der Waals surface area contributed by atoms with Gasteiger partial charge in [-0.05, 0) is 48.6 Å². The summed E-state index contributed by atoms with van der Waals surface area (Å²) >= 11 is 5.28. The predicted molar refractivity (Wildman–Crippen MR) is 109 cm³/mol. The molecule has 0 saturated carbocycles. The molecule has 2 aromatic carbocycles. The maximum Gasteiger partial charge on any atom is 0.272 e. The molecular formula is C20H16FN5O2S. The van der Waals surface area contributed by atoms with E-state index in [1.807, 2.05) is 0 Å². The number of H-pyrrole nitrogens is 2. The zero-order valence-corrected chi connectivity index (χ0v) is 16.2. The average molecular weight is 409 g/mol. The summed E-state index contributed by atoms with van der Waals surface area (Å²) < 4.78 is 15.1. The molecule has 0 spiro atoms. The van der Waals surface area contributed by atoms with Crippen LogP contribution in [0, 0.1) is 10.6 Å². The van der Waals surface area contributed by atoms with Crippen LogP contribution in [0.1, 0.15) is 16.3 Å². The molecule has 0 fully saturated rings. The van der Waals surface area contributed by atoms with Crippen LogP contribution in [-0.4, -0.2) is 37.4 Å². The highest BCUT2D eigenvalue weighted by molar-refractivity contribution is 7.71. The van der Waals surface area contributed by atoms with E-state index < -0.39 is 0 Å². The predicted octanol–water partition coefficient (Wildman–Crippen LogP) is 3.18. The number of para-hydroxylation sites is 1. The van der Waals surface area contributed by atoms with E-state index in [9.17, 15) is 14.0 Å². The minimum atomic E-state index is -0.382. The normalized spacial score (nSPS) is 11.0. The Bertz CT molecular complexity index is 1320. The molecule has 0 aliphatic carbocycles. The lowest BCUT2D eigenvalue weighted by atomic mass is 10.2. The first kappa shape index (κ1) is 18.8. The number of nitrogens with zero attached hydrogens (tertiary/aromatic N) is 3. The third-order valence-corrected chi connectivity index (χ3v) is 4.78. The molecule has 0 radical (unpaired) electrons. The molecule has 4 aromatic rings. The molecule has 0 unspecified atom stereocenters. The summed E-state index contributed by atoms with van der Waals surface area (Å²) in [6, 6.07) is 12.7. The second-order valence-corrected chi connectivity index (χ2v) is 6.87. The van der Waals surface area contributed by atoms with Crippen molar-refractivity contribution in [1.29, 1.82) is 0 Å². The van der Waals surface area contributed by atoms with Gasteiger partial charge in [-0.15, -0.1) is 0 Å². The van der Waals surface area contributed by atoms with Gasteiger partial charge in [0.2, 0.25) is 0 Å². The lowest BCUT2D eigenvalue weighted by molar-refractivity contribution is 0.0773. The molecule has 0 atom stereocenters. The van der Waals surface area contributed by atoms with Crippen molar-refractivity contribution >= 4 is 29.0 Å². The van der Waals surface area contributed by atoms with Crippen molar-refractivity contribution < 1.29 is 9.18 Å². The summed E-state index contributed by atoms with van der Waals surface area (Å²) in [7, 11) is 1.60. The number of carbonyl (C=O) groups excluding carboxylic acids is 1. The van der Waals surface area contributed by atoms with Crippen molar-refractivity contribution in [2.75, 3.05) is 7.05 Å². The number of fused-ring (bicyclic) bond motifs is 1.